The lowest BCUT2D eigenvalue weighted by molar-refractivity contribution is -0.129. The molecule has 0 radical (unpaired) electrons. The Kier molecular flexibility index (Phi) is 5.41. The van der Waals surface area contributed by atoms with Gasteiger partial charge in [0.2, 0.25) is 5.91 Å². The van der Waals surface area contributed by atoms with Crippen molar-refractivity contribution in [2.75, 3.05) is 18.8 Å². The molecule has 1 saturated heterocycles. The van der Waals surface area contributed by atoms with E-state index < -0.39 is 11.6 Å². The van der Waals surface area contributed by atoms with E-state index in [1.165, 1.54) is 22.5 Å². The topological polar surface area (TPSA) is 33.2 Å². The quantitative estimate of drug-likeness (QED) is 0.569. The molecule has 1 aromatic heterocycles. The molecule has 3 nitrogen and oxygen atoms in total. The number of carbonyl (C=O) groups excluding carboxylic acids is 1. The summed E-state index contributed by atoms with van der Waals surface area (Å²) in [5, 5.41) is 1.09. The number of para-hydroxylation sites is 1. The van der Waals surface area contributed by atoms with Crippen LogP contribution in [0.25, 0.3) is 10.2 Å². The second kappa shape index (κ2) is 7.94. The van der Waals surface area contributed by atoms with Gasteiger partial charge in [-0.2, -0.15) is 0 Å². The highest BCUT2D eigenvalue weighted by molar-refractivity contribution is 8.00. The number of benzene rings is 2. The van der Waals surface area contributed by atoms with Gasteiger partial charge in [-0.1, -0.05) is 12.1 Å². The zero-order valence-electron chi connectivity index (χ0n) is 14.5. The van der Waals surface area contributed by atoms with Crippen molar-refractivity contribution in [1.82, 2.24) is 9.88 Å². The van der Waals surface area contributed by atoms with Crippen molar-refractivity contribution >= 4 is 39.2 Å². The molecule has 2 aromatic carbocycles. The van der Waals surface area contributed by atoms with Crippen LogP contribution in [-0.4, -0.2) is 34.6 Å². The average molecular weight is 405 g/mol. The average Bonchev–Trinajstić information content (AvgIpc) is 3.13. The van der Waals surface area contributed by atoms with Gasteiger partial charge in [-0.15, -0.1) is 23.1 Å². The van der Waals surface area contributed by atoms with E-state index in [0.717, 1.165) is 42.0 Å². The third-order valence-electron chi connectivity index (χ3n) is 4.69. The Bertz CT molecular complexity index is 943. The molecule has 1 atom stereocenters. The Balaban J connectivity index is 1.39. The number of likely N-dealkylation sites (tertiary alicyclic amines) is 1. The fourth-order valence-corrected chi connectivity index (χ4v) is 5.19. The molecule has 2 heterocycles. The lowest BCUT2D eigenvalue weighted by atomic mass is 9.99. The minimum absolute atomic E-state index is 0.0237. The van der Waals surface area contributed by atoms with E-state index in [1.54, 1.807) is 11.3 Å². The Labute approximate surface area is 164 Å². The first kappa shape index (κ1) is 18.4. The summed E-state index contributed by atoms with van der Waals surface area (Å²) in [6, 6.07) is 11.8. The highest BCUT2D eigenvalue weighted by Gasteiger charge is 2.26. The summed E-state index contributed by atoms with van der Waals surface area (Å²) in [4.78, 5) is 19.8. The summed E-state index contributed by atoms with van der Waals surface area (Å²) in [7, 11) is 0. The number of hydrogen-bond acceptors (Lipinski definition) is 4. The number of thiazole rings is 1. The Morgan fingerprint density at radius 2 is 2.07 bits per heavy atom. The van der Waals surface area contributed by atoms with Crippen LogP contribution in [0.15, 0.2) is 47.4 Å². The number of fused-ring (bicyclic) bond motifs is 1. The van der Waals surface area contributed by atoms with Gasteiger partial charge in [0.25, 0.3) is 0 Å². The lowest BCUT2D eigenvalue weighted by Gasteiger charge is -2.31. The first-order valence-electron chi connectivity index (χ1n) is 8.81. The molecule has 0 unspecified atom stereocenters. The van der Waals surface area contributed by atoms with Crippen LogP contribution < -0.4 is 0 Å². The summed E-state index contributed by atoms with van der Waals surface area (Å²) < 4.78 is 27.5. The standard InChI is InChI=1S/C20H18F2N2OS2/c21-15-8-7-14(10-16(15)22)26-12-19(25)24-9-3-4-13(11-24)20-23-17-5-1-2-6-18(17)27-20/h1-2,5-8,10,13H,3-4,9,11-12H2/t13-/m0/s1. The minimum atomic E-state index is -0.888. The summed E-state index contributed by atoms with van der Waals surface area (Å²) >= 11 is 2.93. The van der Waals surface area contributed by atoms with Crippen LogP contribution in [0.1, 0.15) is 23.8 Å². The van der Waals surface area contributed by atoms with Crippen LogP contribution >= 0.6 is 23.1 Å². The molecule has 1 fully saturated rings. The predicted molar refractivity (Wildman–Crippen MR) is 105 cm³/mol. The number of rotatable bonds is 4. The smallest absolute Gasteiger partial charge is 0.232 e. The van der Waals surface area contributed by atoms with E-state index in [4.69, 9.17) is 4.98 Å². The number of aromatic nitrogens is 1. The monoisotopic (exact) mass is 404 g/mol. The van der Waals surface area contributed by atoms with Crippen LogP contribution in [0.3, 0.4) is 0 Å². The van der Waals surface area contributed by atoms with Gasteiger partial charge >= 0.3 is 0 Å². The van der Waals surface area contributed by atoms with E-state index in [2.05, 4.69) is 6.07 Å². The zero-order chi connectivity index (χ0) is 18.8. The molecular formula is C20H18F2N2OS2. The molecule has 7 heteroatoms. The Hall–Kier alpha value is -1.99. The van der Waals surface area contributed by atoms with Crippen LogP contribution in [0.4, 0.5) is 8.78 Å². The third kappa shape index (κ3) is 4.14. The van der Waals surface area contributed by atoms with Crippen molar-refractivity contribution in [2.45, 2.75) is 23.7 Å². The van der Waals surface area contributed by atoms with Crippen molar-refractivity contribution in [2.24, 2.45) is 0 Å². The summed E-state index contributed by atoms with van der Waals surface area (Å²) in [5.74, 6) is -1.26. The van der Waals surface area contributed by atoms with Gasteiger partial charge in [0.05, 0.1) is 21.0 Å². The summed E-state index contributed by atoms with van der Waals surface area (Å²) in [6.07, 6.45) is 1.97. The van der Waals surface area contributed by atoms with Gasteiger partial charge in [0.15, 0.2) is 11.6 Å². The molecule has 4 rings (SSSR count). The van der Waals surface area contributed by atoms with E-state index >= 15 is 0 Å². The molecule has 1 aliphatic heterocycles. The fraction of sp³-hybridized carbons (Fsp3) is 0.300. The van der Waals surface area contributed by atoms with Crippen molar-refractivity contribution in [1.29, 1.82) is 0 Å². The minimum Gasteiger partial charge on any atom is -0.341 e. The molecule has 27 heavy (non-hydrogen) atoms. The second-order valence-electron chi connectivity index (χ2n) is 6.56. The Morgan fingerprint density at radius 1 is 1.22 bits per heavy atom. The highest BCUT2D eigenvalue weighted by Crippen LogP contribution is 2.33. The van der Waals surface area contributed by atoms with E-state index in [1.807, 2.05) is 23.1 Å². The van der Waals surface area contributed by atoms with Crippen molar-refractivity contribution < 1.29 is 13.6 Å². The summed E-state index contributed by atoms with van der Waals surface area (Å²) in [6.45, 7) is 1.40. The molecular weight excluding hydrogens is 386 g/mol. The molecule has 0 saturated carbocycles. The molecule has 1 amide bonds. The van der Waals surface area contributed by atoms with E-state index in [-0.39, 0.29) is 17.6 Å². The number of amides is 1. The number of piperidine rings is 1. The lowest BCUT2D eigenvalue weighted by Crippen LogP contribution is -2.40. The first-order valence-corrected chi connectivity index (χ1v) is 10.6. The number of nitrogens with zero attached hydrogens (tertiary/aromatic N) is 2. The van der Waals surface area contributed by atoms with E-state index in [0.29, 0.717) is 11.4 Å². The van der Waals surface area contributed by atoms with Crippen molar-refractivity contribution in [3.63, 3.8) is 0 Å². The summed E-state index contributed by atoms with van der Waals surface area (Å²) in [5.41, 5.74) is 1.01. The van der Waals surface area contributed by atoms with Gasteiger partial charge in [-0.3, -0.25) is 4.79 Å². The van der Waals surface area contributed by atoms with Gasteiger partial charge in [-0.05, 0) is 43.2 Å². The zero-order valence-corrected chi connectivity index (χ0v) is 16.2. The molecule has 140 valence electrons. The predicted octanol–water partition coefficient (Wildman–Crippen LogP) is 5.07. The SMILES string of the molecule is O=C(CSc1ccc(F)c(F)c1)N1CCC[C@H](c2nc3ccccc3s2)C1. The Morgan fingerprint density at radius 3 is 2.89 bits per heavy atom. The third-order valence-corrected chi connectivity index (χ3v) is 6.86. The molecule has 0 aliphatic carbocycles. The normalized spacial score (nSPS) is 17.4. The van der Waals surface area contributed by atoms with Crippen LogP contribution in [0, 0.1) is 11.6 Å². The van der Waals surface area contributed by atoms with Crippen molar-refractivity contribution in [3.8, 4) is 0 Å². The largest absolute Gasteiger partial charge is 0.341 e. The molecule has 3 aromatic rings. The van der Waals surface area contributed by atoms with Crippen LogP contribution in [-0.2, 0) is 4.79 Å². The maximum Gasteiger partial charge on any atom is 0.232 e. The molecule has 1 aliphatic rings. The van der Waals surface area contributed by atoms with Crippen molar-refractivity contribution in [3.05, 3.63) is 59.1 Å². The van der Waals surface area contributed by atoms with Gasteiger partial charge in [0, 0.05) is 23.9 Å². The van der Waals surface area contributed by atoms with Gasteiger partial charge in [0.1, 0.15) is 0 Å². The fourth-order valence-electron chi connectivity index (χ4n) is 3.27. The molecule has 0 spiro atoms. The molecule has 0 N–H and O–H groups in total. The van der Waals surface area contributed by atoms with Crippen LogP contribution in [0.2, 0.25) is 0 Å². The highest BCUT2D eigenvalue weighted by atomic mass is 32.2. The number of hydrogen-bond donors (Lipinski definition) is 0. The maximum absolute atomic E-state index is 13.3. The number of thioether (sulfide) groups is 1. The van der Waals surface area contributed by atoms with Crippen LogP contribution in [0.5, 0.6) is 0 Å². The number of halogens is 2. The maximum atomic E-state index is 13.3. The number of carbonyl (C=O) groups is 1. The first-order chi connectivity index (χ1) is 13.1. The second-order valence-corrected chi connectivity index (χ2v) is 8.67. The molecule has 0 bridgehead atoms. The van der Waals surface area contributed by atoms with Gasteiger partial charge in [-0.25, -0.2) is 13.8 Å². The van der Waals surface area contributed by atoms with E-state index in [9.17, 15) is 13.6 Å². The van der Waals surface area contributed by atoms with Gasteiger partial charge < -0.3 is 4.90 Å².